The largest absolute Gasteiger partial charge is 0.480 e. The molecule has 0 fully saturated rings. The average molecular weight is 372 g/mol. The summed E-state index contributed by atoms with van der Waals surface area (Å²) in [5.41, 5.74) is 5.32. The molecule has 6 N–H and O–H groups in total. The molecule has 0 unspecified atom stereocenters. The van der Waals surface area contributed by atoms with Gasteiger partial charge in [-0.05, 0) is 18.8 Å². The first kappa shape index (κ1) is 23.8. The molecule has 0 radical (unpaired) electrons. The maximum absolute atomic E-state index is 12.2. The molecule has 0 saturated carbocycles. The summed E-state index contributed by atoms with van der Waals surface area (Å²) in [6.07, 6.45) is 2.45. The van der Waals surface area contributed by atoms with Crippen LogP contribution < -0.4 is 21.7 Å². The number of hydrogen-bond donors (Lipinski definition) is 5. The summed E-state index contributed by atoms with van der Waals surface area (Å²) in [5, 5.41) is 16.6. The number of unbranched alkanes of at least 4 members (excludes halogenated alkanes) is 1. The predicted molar refractivity (Wildman–Crippen MR) is 97.2 cm³/mol. The topological polar surface area (TPSA) is 151 Å². The van der Waals surface area contributed by atoms with E-state index in [0.717, 1.165) is 12.8 Å². The zero-order valence-electron chi connectivity index (χ0n) is 15.8. The van der Waals surface area contributed by atoms with E-state index in [9.17, 15) is 19.2 Å². The number of carboxylic acid groups (broad SMARTS) is 1. The van der Waals surface area contributed by atoms with Crippen LogP contribution in [0.5, 0.6) is 0 Å². The average Bonchev–Trinajstić information content (AvgIpc) is 2.55. The lowest BCUT2D eigenvalue weighted by Crippen LogP contribution is -2.51. The first-order chi connectivity index (χ1) is 12.2. The van der Waals surface area contributed by atoms with Gasteiger partial charge in [-0.3, -0.25) is 14.4 Å². The lowest BCUT2D eigenvalue weighted by molar-refractivity contribution is -0.142. The van der Waals surface area contributed by atoms with Crippen molar-refractivity contribution in [3.63, 3.8) is 0 Å². The molecule has 0 aromatic carbocycles. The highest BCUT2D eigenvalue weighted by molar-refractivity contribution is 5.91. The number of carboxylic acids is 1. The molecule has 2 atom stereocenters. The maximum Gasteiger partial charge on any atom is 0.326 e. The number of carbonyl (C=O) groups is 4. The Balaban J connectivity index is 4.60. The molecule has 0 heterocycles. The first-order valence-corrected chi connectivity index (χ1v) is 9.00. The second-order valence-electron chi connectivity index (χ2n) is 6.61. The van der Waals surface area contributed by atoms with Crippen molar-refractivity contribution < 1.29 is 24.3 Å². The van der Waals surface area contributed by atoms with Gasteiger partial charge in [0.2, 0.25) is 17.7 Å². The van der Waals surface area contributed by atoms with Gasteiger partial charge in [0.25, 0.3) is 0 Å². The van der Waals surface area contributed by atoms with Crippen LogP contribution in [0.15, 0.2) is 0 Å². The molecule has 0 saturated heterocycles. The fourth-order valence-electron chi connectivity index (χ4n) is 2.30. The van der Waals surface area contributed by atoms with Gasteiger partial charge in [-0.2, -0.15) is 0 Å². The van der Waals surface area contributed by atoms with Crippen molar-refractivity contribution in [1.82, 2.24) is 16.0 Å². The van der Waals surface area contributed by atoms with E-state index in [1.807, 2.05) is 20.8 Å². The minimum Gasteiger partial charge on any atom is -0.480 e. The molecule has 0 aromatic rings. The molecular formula is C17H32N4O5. The van der Waals surface area contributed by atoms with E-state index < -0.39 is 29.9 Å². The highest BCUT2D eigenvalue weighted by Crippen LogP contribution is 2.05. The van der Waals surface area contributed by atoms with Crippen molar-refractivity contribution >= 4 is 23.7 Å². The lowest BCUT2D eigenvalue weighted by Gasteiger charge is -2.19. The van der Waals surface area contributed by atoms with Crippen molar-refractivity contribution in [1.29, 1.82) is 0 Å². The molecule has 0 spiro atoms. The molecule has 0 rings (SSSR count). The van der Waals surface area contributed by atoms with Crippen molar-refractivity contribution in [2.75, 3.05) is 13.1 Å². The van der Waals surface area contributed by atoms with Gasteiger partial charge in [-0.1, -0.05) is 33.6 Å². The summed E-state index contributed by atoms with van der Waals surface area (Å²) in [7, 11) is 0. The second-order valence-corrected chi connectivity index (χ2v) is 6.61. The zero-order valence-corrected chi connectivity index (χ0v) is 15.8. The van der Waals surface area contributed by atoms with E-state index in [4.69, 9.17) is 10.8 Å². The Bertz CT molecular complexity index is 482. The Morgan fingerprint density at radius 2 is 1.65 bits per heavy atom. The molecule has 0 aliphatic rings. The third-order valence-corrected chi connectivity index (χ3v) is 3.63. The van der Waals surface area contributed by atoms with Crippen molar-refractivity contribution in [3.05, 3.63) is 0 Å². The van der Waals surface area contributed by atoms with Crippen LogP contribution in [-0.4, -0.2) is 54.0 Å². The van der Waals surface area contributed by atoms with Crippen LogP contribution in [0.1, 0.15) is 52.9 Å². The Kier molecular flexibility index (Phi) is 12.0. The number of nitrogens with one attached hydrogen (secondary N) is 3. The number of nitrogens with two attached hydrogens (primary N) is 1. The quantitative estimate of drug-likeness (QED) is 0.300. The van der Waals surface area contributed by atoms with Gasteiger partial charge in [0.15, 0.2) is 0 Å². The van der Waals surface area contributed by atoms with E-state index in [2.05, 4.69) is 16.0 Å². The molecule has 9 heteroatoms. The van der Waals surface area contributed by atoms with Gasteiger partial charge in [0.05, 0.1) is 6.54 Å². The molecule has 26 heavy (non-hydrogen) atoms. The number of aliphatic carboxylic acids is 1. The summed E-state index contributed by atoms with van der Waals surface area (Å²) >= 11 is 0. The number of hydrogen-bond acceptors (Lipinski definition) is 5. The van der Waals surface area contributed by atoms with Crippen LogP contribution in [0.4, 0.5) is 0 Å². The van der Waals surface area contributed by atoms with Crippen molar-refractivity contribution in [3.8, 4) is 0 Å². The van der Waals surface area contributed by atoms with E-state index in [0.29, 0.717) is 12.8 Å². The van der Waals surface area contributed by atoms with Gasteiger partial charge in [0.1, 0.15) is 12.1 Å². The van der Waals surface area contributed by atoms with E-state index in [1.165, 1.54) is 0 Å². The second kappa shape index (κ2) is 13.1. The van der Waals surface area contributed by atoms with Crippen molar-refractivity contribution in [2.45, 2.75) is 65.0 Å². The summed E-state index contributed by atoms with van der Waals surface area (Å²) < 4.78 is 0. The van der Waals surface area contributed by atoms with Crippen LogP contribution in [-0.2, 0) is 19.2 Å². The molecule has 0 aromatic heterocycles. The van der Waals surface area contributed by atoms with Gasteiger partial charge in [-0.15, -0.1) is 0 Å². The van der Waals surface area contributed by atoms with Crippen LogP contribution in [0.3, 0.4) is 0 Å². The summed E-state index contributed by atoms with van der Waals surface area (Å²) in [6, 6.07) is -1.74. The fourth-order valence-corrected chi connectivity index (χ4v) is 2.30. The minimum absolute atomic E-state index is 0.0992. The first-order valence-electron chi connectivity index (χ1n) is 9.00. The summed E-state index contributed by atoms with van der Waals surface area (Å²) in [6.45, 7) is 5.50. The van der Waals surface area contributed by atoms with Crippen molar-refractivity contribution in [2.24, 2.45) is 11.7 Å². The molecule has 0 aliphatic heterocycles. The highest BCUT2D eigenvalue weighted by atomic mass is 16.4. The number of amides is 3. The number of carbonyl (C=O) groups excluding carboxylic acids is 3. The Hall–Kier alpha value is -2.16. The van der Waals surface area contributed by atoms with E-state index in [-0.39, 0.29) is 31.3 Å². The third kappa shape index (κ3) is 10.7. The maximum atomic E-state index is 12.2. The minimum atomic E-state index is -1.12. The molecule has 9 nitrogen and oxygen atoms in total. The van der Waals surface area contributed by atoms with E-state index in [1.54, 1.807) is 0 Å². The molecule has 3 amide bonds. The molecular weight excluding hydrogens is 340 g/mol. The smallest absolute Gasteiger partial charge is 0.326 e. The van der Waals surface area contributed by atoms with Gasteiger partial charge < -0.3 is 26.8 Å². The highest BCUT2D eigenvalue weighted by Gasteiger charge is 2.23. The van der Waals surface area contributed by atoms with Crippen LogP contribution >= 0.6 is 0 Å². The number of rotatable bonds is 13. The van der Waals surface area contributed by atoms with Crippen LogP contribution in [0.2, 0.25) is 0 Å². The zero-order chi connectivity index (χ0) is 20.1. The van der Waals surface area contributed by atoms with Gasteiger partial charge >= 0.3 is 5.97 Å². The fraction of sp³-hybridized carbons (Fsp3) is 0.765. The third-order valence-electron chi connectivity index (χ3n) is 3.63. The molecule has 150 valence electrons. The monoisotopic (exact) mass is 372 g/mol. The lowest BCUT2D eigenvalue weighted by atomic mass is 10.0. The van der Waals surface area contributed by atoms with Crippen LogP contribution in [0.25, 0.3) is 0 Å². The van der Waals surface area contributed by atoms with E-state index >= 15 is 0 Å². The molecule has 0 aliphatic carbocycles. The molecule has 0 bridgehead atoms. The normalized spacial score (nSPS) is 13.0. The van der Waals surface area contributed by atoms with Crippen LogP contribution in [0, 0.1) is 5.92 Å². The Morgan fingerprint density at radius 1 is 1.04 bits per heavy atom. The van der Waals surface area contributed by atoms with Gasteiger partial charge in [0, 0.05) is 13.0 Å². The SMILES string of the molecule is CCCC[C@H](NC(=O)CCN)C(=O)NCC(=O)N[C@@H](CC(C)C)C(=O)O. The van der Waals surface area contributed by atoms with Gasteiger partial charge in [-0.25, -0.2) is 4.79 Å². The Morgan fingerprint density at radius 3 is 2.15 bits per heavy atom. The predicted octanol–water partition coefficient (Wildman–Crippen LogP) is -0.258. The Labute approximate surface area is 154 Å². The standard InChI is InChI=1S/C17H32N4O5/c1-4-5-6-12(20-14(22)7-8-18)16(24)19-10-15(23)21-13(17(25)26)9-11(2)3/h11-13H,4-10,18H2,1-3H3,(H,19,24)(H,20,22)(H,21,23)(H,25,26)/t12-,13-/m0/s1. The summed E-state index contributed by atoms with van der Waals surface area (Å²) in [4.78, 5) is 47.0. The summed E-state index contributed by atoms with van der Waals surface area (Å²) in [5.74, 6) is -2.41.